The fourth-order valence-corrected chi connectivity index (χ4v) is 3.54. The fourth-order valence-electron chi connectivity index (χ4n) is 3.54. The summed E-state index contributed by atoms with van der Waals surface area (Å²) in [5.74, 6) is -1.51. The number of H-pyrrole nitrogens is 1. The smallest absolute Gasteiger partial charge is 0.264 e. The first kappa shape index (κ1) is 17.9. The monoisotopic (exact) mass is 381 g/mol. The summed E-state index contributed by atoms with van der Waals surface area (Å²) in [5, 5.41) is 0. The van der Waals surface area contributed by atoms with Gasteiger partial charge in [0.25, 0.3) is 5.91 Å². The second-order valence-electron chi connectivity index (χ2n) is 6.70. The molecule has 0 radical (unpaired) electrons. The van der Waals surface area contributed by atoms with Gasteiger partial charge in [-0.05, 0) is 55.8 Å². The minimum absolute atomic E-state index is 0.0666. The lowest BCUT2D eigenvalue weighted by Gasteiger charge is -2.39. The van der Waals surface area contributed by atoms with E-state index in [0.29, 0.717) is 28.3 Å². The predicted octanol–water partition coefficient (Wildman–Crippen LogP) is 4.03. The first-order valence-electron chi connectivity index (χ1n) is 8.71. The summed E-state index contributed by atoms with van der Waals surface area (Å²) >= 11 is 0. The maximum atomic E-state index is 14.6. The number of carbonyl (C=O) groups excluding carboxylic acids is 1. The van der Waals surface area contributed by atoms with E-state index in [4.69, 9.17) is 0 Å². The fraction of sp³-hybridized carbons (Fsp3) is 0.143. The van der Waals surface area contributed by atoms with Crippen LogP contribution in [0.25, 0.3) is 0 Å². The van der Waals surface area contributed by atoms with E-state index in [1.54, 1.807) is 30.9 Å². The van der Waals surface area contributed by atoms with Crippen LogP contribution in [0.4, 0.5) is 25.8 Å². The van der Waals surface area contributed by atoms with Crippen LogP contribution in [0.1, 0.15) is 21.6 Å². The number of rotatable bonds is 2. The summed E-state index contributed by atoms with van der Waals surface area (Å²) in [4.78, 5) is 30.5. The van der Waals surface area contributed by atoms with E-state index in [1.165, 1.54) is 41.3 Å². The standard InChI is InChI=1S/C21H17F2N3O2/c1-12-10-14(22)6-7-16(12)25-11-26(17-8-9-19(27)24-13(17)2)21(28)20-15(23)4-3-5-18(20)25/h3-10H,11H2,1-2H3,(H,24,27). The molecule has 0 atom stereocenters. The summed E-state index contributed by atoms with van der Waals surface area (Å²) in [5.41, 5.74) is 2.35. The molecule has 3 aromatic rings. The largest absolute Gasteiger partial charge is 0.324 e. The molecular formula is C21H17F2N3O2. The topological polar surface area (TPSA) is 56.4 Å². The molecular weight excluding hydrogens is 364 g/mol. The lowest BCUT2D eigenvalue weighted by Crippen LogP contribution is -2.46. The van der Waals surface area contributed by atoms with Crippen LogP contribution in [0.3, 0.4) is 0 Å². The molecule has 1 aliphatic heterocycles. The zero-order chi connectivity index (χ0) is 20.0. The average Bonchev–Trinajstić information content (AvgIpc) is 2.63. The first-order chi connectivity index (χ1) is 13.4. The molecule has 0 saturated carbocycles. The number of nitrogens with one attached hydrogen (secondary N) is 1. The van der Waals surface area contributed by atoms with Gasteiger partial charge in [0.1, 0.15) is 18.3 Å². The van der Waals surface area contributed by atoms with E-state index < -0.39 is 11.7 Å². The number of aromatic nitrogens is 1. The molecule has 142 valence electrons. The number of fused-ring (bicyclic) bond motifs is 1. The van der Waals surface area contributed by atoms with Crippen molar-refractivity contribution in [3.8, 4) is 0 Å². The highest BCUT2D eigenvalue weighted by Gasteiger charge is 2.34. The van der Waals surface area contributed by atoms with Crippen LogP contribution in [0, 0.1) is 25.5 Å². The molecule has 0 fully saturated rings. The van der Waals surface area contributed by atoms with E-state index in [-0.39, 0.29) is 23.6 Å². The van der Waals surface area contributed by atoms with Gasteiger partial charge in [-0.2, -0.15) is 0 Å². The van der Waals surface area contributed by atoms with Gasteiger partial charge in [-0.15, -0.1) is 0 Å². The second-order valence-corrected chi connectivity index (χ2v) is 6.70. The van der Waals surface area contributed by atoms with Crippen LogP contribution in [-0.2, 0) is 0 Å². The molecule has 0 saturated heterocycles. The van der Waals surface area contributed by atoms with Gasteiger partial charge in [0.2, 0.25) is 5.56 Å². The minimum atomic E-state index is -0.640. The Hall–Kier alpha value is -3.48. The highest BCUT2D eigenvalue weighted by molar-refractivity contribution is 6.13. The van der Waals surface area contributed by atoms with Crippen molar-refractivity contribution in [2.24, 2.45) is 0 Å². The molecule has 0 bridgehead atoms. The zero-order valence-corrected chi connectivity index (χ0v) is 15.3. The van der Waals surface area contributed by atoms with Crippen molar-refractivity contribution in [2.45, 2.75) is 13.8 Å². The van der Waals surface area contributed by atoms with E-state index >= 15 is 0 Å². The van der Waals surface area contributed by atoms with Gasteiger partial charge in [-0.25, -0.2) is 8.78 Å². The maximum absolute atomic E-state index is 14.6. The van der Waals surface area contributed by atoms with E-state index in [1.807, 2.05) is 0 Å². The molecule has 0 spiro atoms. The first-order valence-corrected chi connectivity index (χ1v) is 8.71. The van der Waals surface area contributed by atoms with Gasteiger partial charge in [-0.1, -0.05) is 6.07 Å². The summed E-state index contributed by atoms with van der Waals surface area (Å²) < 4.78 is 28.2. The third-order valence-corrected chi connectivity index (χ3v) is 4.85. The van der Waals surface area contributed by atoms with Crippen molar-refractivity contribution in [3.63, 3.8) is 0 Å². The minimum Gasteiger partial charge on any atom is -0.324 e. The van der Waals surface area contributed by atoms with Gasteiger partial charge in [-0.3, -0.25) is 14.5 Å². The van der Waals surface area contributed by atoms with Crippen LogP contribution < -0.4 is 15.4 Å². The summed E-state index contributed by atoms with van der Waals surface area (Å²) in [7, 11) is 0. The molecule has 2 heterocycles. The van der Waals surface area contributed by atoms with Gasteiger partial charge in [0.05, 0.1) is 16.9 Å². The maximum Gasteiger partial charge on any atom is 0.264 e. The number of pyridine rings is 1. The molecule has 28 heavy (non-hydrogen) atoms. The van der Waals surface area contributed by atoms with Crippen molar-refractivity contribution in [1.29, 1.82) is 0 Å². The van der Waals surface area contributed by atoms with Gasteiger partial charge in [0, 0.05) is 17.4 Å². The average molecular weight is 381 g/mol. The number of benzene rings is 2. The normalized spacial score (nSPS) is 13.6. The highest BCUT2D eigenvalue weighted by atomic mass is 19.1. The molecule has 7 heteroatoms. The van der Waals surface area contributed by atoms with Crippen LogP contribution in [-0.4, -0.2) is 17.6 Å². The Kier molecular flexibility index (Phi) is 4.22. The van der Waals surface area contributed by atoms with Crippen LogP contribution in [0.5, 0.6) is 0 Å². The Balaban J connectivity index is 1.92. The number of hydrogen-bond acceptors (Lipinski definition) is 3. The third-order valence-electron chi connectivity index (χ3n) is 4.85. The number of aromatic amines is 1. The van der Waals surface area contributed by atoms with Crippen molar-refractivity contribution in [3.05, 3.63) is 87.3 Å². The molecule has 4 rings (SSSR count). The van der Waals surface area contributed by atoms with Crippen molar-refractivity contribution in [1.82, 2.24) is 4.98 Å². The van der Waals surface area contributed by atoms with Gasteiger partial charge in [0.15, 0.2) is 0 Å². The summed E-state index contributed by atoms with van der Waals surface area (Å²) in [6.07, 6.45) is 0. The quantitative estimate of drug-likeness (QED) is 0.729. The predicted molar refractivity (Wildman–Crippen MR) is 103 cm³/mol. The molecule has 0 aliphatic carbocycles. The van der Waals surface area contributed by atoms with Crippen LogP contribution >= 0.6 is 0 Å². The van der Waals surface area contributed by atoms with E-state index in [9.17, 15) is 18.4 Å². The Morgan fingerprint density at radius 3 is 2.36 bits per heavy atom. The number of hydrogen-bond donors (Lipinski definition) is 1. The van der Waals surface area contributed by atoms with E-state index in [2.05, 4.69) is 4.98 Å². The lowest BCUT2D eigenvalue weighted by molar-refractivity contribution is 0.0979. The second kappa shape index (κ2) is 6.60. The number of aryl methyl sites for hydroxylation is 2. The van der Waals surface area contributed by atoms with Crippen LogP contribution in [0.2, 0.25) is 0 Å². The van der Waals surface area contributed by atoms with Crippen LogP contribution in [0.15, 0.2) is 53.3 Å². The molecule has 1 aliphatic rings. The number of halogens is 2. The summed E-state index contributed by atoms with van der Waals surface area (Å²) in [6, 6.07) is 11.6. The Morgan fingerprint density at radius 2 is 1.64 bits per heavy atom. The zero-order valence-electron chi connectivity index (χ0n) is 15.3. The third kappa shape index (κ3) is 2.85. The van der Waals surface area contributed by atoms with Crippen molar-refractivity contribution < 1.29 is 13.6 Å². The SMILES string of the molecule is Cc1cc(F)ccc1N1CN(c2ccc(=O)[nH]c2C)C(=O)c2c(F)cccc21. The highest BCUT2D eigenvalue weighted by Crippen LogP contribution is 2.38. The van der Waals surface area contributed by atoms with Gasteiger partial charge >= 0.3 is 0 Å². The van der Waals surface area contributed by atoms with Crippen molar-refractivity contribution in [2.75, 3.05) is 16.5 Å². The number of amides is 1. The Morgan fingerprint density at radius 1 is 0.893 bits per heavy atom. The molecule has 0 unspecified atom stereocenters. The summed E-state index contributed by atoms with van der Waals surface area (Å²) in [6.45, 7) is 3.52. The number of nitrogens with zero attached hydrogens (tertiary/aromatic N) is 2. The molecule has 1 amide bonds. The molecule has 1 N–H and O–H groups in total. The number of carbonyl (C=O) groups is 1. The lowest BCUT2D eigenvalue weighted by atomic mass is 10.0. The molecule has 5 nitrogen and oxygen atoms in total. The molecule has 2 aromatic carbocycles. The van der Waals surface area contributed by atoms with Gasteiger partial charge < -0.3 is 9.88 Å². The molecule has 1 aromatic heterocycles. The van der Waals surface area contributed by atoms with Crippen molar-refractivity contribution >= 4 is 23.0 Å². The number of anilines is 3. The Bertz CT molecular complexity index is 1160. The van der Waals surface area contributed by atoms with E-state index in [0.717, 1.165) is 0 Å². The Labute approximate surface area is 159 Å².